The summed E-state index contributed by atoms with van der Waals surface area (Å²) in [5.41, 5.74) is 0. The Kier molecular flexibility index (Phi) is 2.02. The maximum absolute atomic E-state index is 11.3. The number of fused-ring (bicyclic) bond motifs is 1. The van der Waals surface area contributed by atoms with Crippen LogP contribution < -0.4 is 0 Å². The number of carbonyl (C=O) groups excluding carboxylic acids is 1. The molecule has 0 spiro atoms. The summed E-state index contributed by atoms with van der Waals surface area (Å²) in [6.45, 7) is -0.291. The van der Waals surface area contributed by atoms with Gasteiger partial charge in [0.05, 0.1) is 18.7 Å². The van der Waals surface area contributed by atoms with E-state index in [2.05, 4.69) is 0 Å². The van der Waals surface area contributed by atoms with Crippen molar-refractivity contribution < 1.29 is 20.1 Å². The van der Waals surface area contributed by atoms with E-state index in [1.54, 1.807) is 0 Å². The first-order valence-corrected chi connectivity index (χ1v) is 4.45. The zero-order chi connectivity index (χ0) is 9.59. The molecule has 0 radical (unpaired) electrons. The second-order valence-electron chi connectivity index (χ2n) is 3.64. The van der Waals surface area contributed by atoms with E-state index in [-0.39, 0.29) is 18.6 Å². The molecule has 4 atom stereocenters. The summed E-state index contributed by atoms with van der Waals surface area (Å²) in [6, 6.07) is -0.908. The minimum atomic E-state index is -1.00. The van der Waals surface area contributed by atoms with Gasteiger partial charge >= 0.3 is 0 Å². The molecule has 0 aromatic rings. The molecule has 2 aliphatic heterocycles. The molecular weight excluding hydrogens is 174 g/mol. The van der Waals surface area contributed by atoms with Crippen molar-refractivity contribution in [3.8, 4) is 0 Å². The fourth-order valence-corrected chi connectivity index (χ4v) is 2.31. The Morgan fingerprint density at radius 1 is 1.38 bits per heavy atom. The first-order valence-electron chi connectivity index (χ1n) is 4.45. The molecule has 1 amide bonds. The molecule has 74 valence electrons. The molecule has 2 saturated heterocycles. The van der Waals surface area contributed by atoms with Crippen LogP contribution in [0.3, 0.4) is 0 Å². The Morgan fingerprint density at radius 3 is 2.69 bits per heavy atom. The number of carbonyl (C=O) groups is 1. The molecule has 2 fully saturated rings. The van der Waals surface area contributed by atoms with Crippen LogP contribution in [0, 0.1) is 0 Å². The number of nitrogens with zero attached hydrogens (tertiary/aromatic N) is 1. The SMILES string of the molecule is O=C1CC[C@@H]2[C@@H](O)[C@@H](O)[C@H](CO)N12. The Labute approximate surface area is 75.6 Å². The molecular formula is C8H13NO4. The van der Waals surface area contributed by atoms with E-state index in [1.165, 1.54) is 4.90 Å². The van der Waals surface area contributed by atoms with Gasteiger partial charge in [-0.2, -0.15) is 0 Å². The van der Waals surface area contributed by atoms with Crippen LogP contribution in [0.25, 0.3) is 0 Å². The molecule has 13 heavy (non-hydrogen) atoms. The molecule has 0 aliphatic carbocycles. The van der Waals surface area contributed by atoms with Gasteiger partial charge in [0.1, 0.15) is 12.2 Å². The van der Waals surface area contributed by atoms with Crippen molar-refractivity contribution >= 4 is 5.91 Å². The van der Waals surface area contributed by atoms with Gasteiger partial charge in [0, 0.05) is 6.42 Å². The Hall–Kier alpha value is -0.650. The van der Waals surface area contributed by atoms with E-state index in [0.717, 1.165) is 0 Å². The van der Waals surface area contributed by atoms with Gasteiger partial charge in [-0.15, -0.1) is 0 Å². The lowest BCUT2D eigenvalue weighted by atomic mass is 10.1. The van der Waals surface area contributed by atoms with Gasteiger partial charge in [-0.1, -0.05) is 0 Å². The summed E-state index contributed by atoms with van der Waals surface area (Å²) in [5.74, 6) is -0.0837. The average Bonchev–Trinajstić information content (AvgIpc) is 2.58. The zero-order valence-corrected chi connectivity index (χ0v) is 7.13. The van der Waals surface area contributed by atoms with E-state index in [4.69, 9.17) is 5.11 Å². The maximum atomic E-state index is 11.3. The molecule has 0 unspecified atom stereocenters. The molecule has 2 aliphatic rings. The fraction of sp³-hybridized carbons (Fsp3) is 0.875. The quantitative estimate of drug-likeness (QED) is 0.447. The summed E-state index contributed by atoms with van der Waals surface area (Å²) in [6.07, 6.45) is -0.916. The summed E-state index contributed by atoms with van der Waals surface area (Å²) < 4.78 is 0. The number of rotatable bonds is 1. The monoisotopic (exact) mass is 187 g/mol. The first kappa shape index (κ1) is 8.93. The van der Waals surface area contributed by atoms with Gasteiger partial charge in [0.25, 0.3) is 0 Å². The van der Waals surface area contributed by atoms with Gasteiger partial charge < -0.3 is 20.2 Å². The van der Waals surface area contributed by atoms with Crippen LogP contribution in [0.1, 0.15) is 12.8 Å². The molecule has 0 aromatic carbocycles. The second-order valence-corrected chi connectivity index (χ2v) is 3.64. The van der Waals surface area contributed by atoms with Crippen molar-refractivity contribution in [2.45, 2.75) is 37.1 Å². The smallest absolute Gasteiger partial charge is 0.223 e. The summed E-state index contributed by atoms with van der Waals surface area (Å²) >= 11 is 0. The van der Waals surface area contributed by atoms with E-state index in [0.29, 0.717) is 12.8 Å². The van der Waals surface area contributed by atoms with E-state index < -0.39 is 18.2 Å². The standard InChI is InChI=1S/C8H13NO4/c10-3-5-8(13)7(12)4-1-2-6(11)9(4)5/h4-5,7-8,10,12-13H,1-3H2/t4-,5+,7-,8+/m1/s1. The maximum Gasteiger partial charge on any atom is 0.223 e. The molecule has 2 rings (SSSR count). The Morgan fingerprint density at radius 2 is 2.08 bits per heavy atom. The summed E-state index contributed by atoms with van der Waals surface area (Å²) in [5, 5.41) is 28.0. The fourth-order valence-electron chi connectivity index (χ4n) is 2.31. The van der Waals surface area contributed by atoms with E-state index >= 15 is 0 Å². The van der Waals surface area contributed by atoms with Crippen LogP contribution in [-0.2, 0) is 4.79 Å². The molecule has 0 aromatic heterocycles. The minimum absolute atomic E-state index is 0.0837. The van der Waals surface area contributed by atoms with Crippen molar-refractivity contribution in [1.82, 2.24) is 4.90 Å². The average molecular weight is 187 g/mol. The van der Waals surface area contributed by atoms with Crippen molar-refractivity contribution in [3.05, 3.63) is 0 Å². The van der Waals surface area contributed by atoms with Crippen LogP contribution in [0.5, 0.6) is 0 Å². The van der Waals surface area contributed by atoms with Crippen molar-refractivity contribution in [2.75, 3.05) is 6.61 Å². The molecule has 0 bridgehead atoms. The third-order valence-electron chi connectivity index (χ3n) is 2.98. The molecule has 2 heterocycles. The topological polar surface area (TPSA) is 81.0 Å². The normalized spacial score (nSPS) is 44.2. The van der Waals surface area contributed by atoms with Crippen LogP contribution >= 0.6 is 0 Å². The summed E-state index contributed by atoms with van der Waals surface area (Å²) in [7, 11) is 0. The number of hydrogen-bond acceptors (Lipinski definition) is 4. The highest BCUT2D eigenvalue weighted by Crippen LogP contribution is 2.33. The van der Waals surface area contributed by atoms with E-state index in [9.17, 15) is 15.0 Å². The van der Waals surface area contributed by atoms with Gasteiger partial charge in [-0.25, -0.2) is 0 Å². The Bertz CT molecular complexity index is 230. The largest absolute Gasteiger partial charge is 0.394 e. The lowest BCUT2D eigenvalue weighted by Crippen LogP contribution is -2.41. The third kappa shape index (κ3) is 1.08. The highest BCUT2D eigenvalue weighted by Gasteiger charge is 2.52. The molecule has 0 saturated carbocycles. The van der Waals surface area contributed by atoms with Gasteiger partial charge in [-0.3, -0.25) is 4.79 Å². The van der Waals surface area contributed by atoms with Crippen LogP contribution in [0.4, 0.5) is 0 Å². The highest BCUT2D eigenvalue weighted by molar-refractivity contribution is 5.80. The number of amides is 1. The first-order chi connectivity index (χ1) is 6.16. The minimum Gasteiger partial charge on any atom is -0.394 e. The van der Waals surface area contributed by atoms with Crippen LogP contribution in [-0.4, -0.2) is 57.0 Å². The lowest BCUT2D eigenvalue weighted by Gasteiger charge is -2.22. The van der Waals surface area contributed by atoms with Crippen LogP contribution in [0.15, 0.2) is 0 Å². The van der Waals surface area contributed by atoms with Crippen molar-refractivity contribution in [2.24, 2.45) is 0 Å². The van der Waals surface area contributed by atoms with Gasteiger partial charge in [0.2, 0.25) is 5.91 Å². The highest BCUT2D eigenvalue weighted by atomic mass is 16.3. The number of aliphatic hydroxyl groups is 3. The molecule has 5 heteroatoms. The number of hydrogen-bond donors (Lipinski definition) is 3. The number of aliphatic hydroxyl groups excluding tert-OH is 3. The molecule has 5 nitrogen and oxygen atoms in total. The second kappa shape index (κ2) is 2.94. The summed E-state index contributed by atoms with van der Waals surface area (Å²) in [4.78, 5) is 12.7. The van der Waals surface area contributed by atoms with Crippen molar-refractivity contribution in [1.29, 1.82) is 0 Å². The predicted octanol–water partition coefficient (Wildman–Crippen LogP) is -1.93. The van der Waals surface area contributed by atoms with E-state index in [1.807, 2.05) is 0 Å². The zero-order valence-electron chi connectivity index (χ0n) is 7.13. The van der Waals surface area contributed by atoms with Crippen LogP contribution in [0.2, 0.25) is 0 Å². The predicted molar refractivity (Wildman–Crippen MR) is 42.8 cm³/mol. The Balaban J connectivity index is 2.25. The van der Waals surface area contributed by atoms with Crippen molar-refractivity contribution in [3.63, 3.8) is 0 Å². The van der Waals surface area contributed by atoms with Gasteiger partial charge in [0.15, 0.2) is 0 Å². The van der Waals surface area contributed by atoms with Gasteiger partial charge in [-0.05, 0) is 6.42 Å². The lowest BCUT2D eigenvalue weighted by molar-refractivity contribution is -0.131. The molecule has 3 N–H and O–H groups in total. The third-order valence-corrected chi connectivity index (χ3v) is 2.98.